The second-order valence-electron chi connectivity index (χ2n) is 10.3. The van der Waals surface area contributed by atoms with Crippen molar-refractivity contribution in [3.63, 3.8) is 0 Å². The zero-order chi connectivity index (χ0) is 32.2. The van der Waals surface area contributed by atoms with Gasteiger partial charge in [-0.15, -0.1) is 12.4 Å². The van der Waals surface area contributed by atoms with Crippen molar-refractivity contribution in [1.29, 1.82) is 0 Å². The van der Waals surface area contributed by atoms with Gasteiger partial charge in [-0.3, -0.25) is 9.59 Å². The highest BCUT2D eigenvalue weighted by molar-refractivity contribution is 5.98. The Bertz CT molecular complexity index is 1840. The van der Waals surface area contributed by atoms with Gasteiger partial charge in [0.15, 0.2) is 11.8 Å². The van der Waals surface area contributed by atoms with Gasteiger partial charge in [-0.25, -0.2) is 14.6 Å². The van der Waals surface area contributed by atoms with Crippen molar-refractivity contribution >= 4 is 47.6 Å². The molecule has 0 saturated carbocycles. The number of rotatable bonds is 7. The van der Waals surface area contributed by atoms with Crippen molar-refractivity contribution in [2.75, 3.05) is 11.9 Å². The lowest BCUT2D eigenvalue weighted by molar-refractivity contribution is -0.122. The summed E-state index contributed by atoms with van der Waals surface area (Å²) >= 11 is 0. The minimum atomic E-state index is -1.27. The van der Waals surface area contributed by atoms with E-state index in [9.17, 15) is 24.3 Å². The Morgan fingerprint density at radius 3 is 2.72 bits per heavy atom. The van der Waals surface area contributed by atoms with Crippen LogP contribution in [0.3, 0.4) is 0 Å². The maximum atomic E-state index is 13.0. The molecule has 14 nitrogen and oxygen atoms in total. The van der Waals surface area contributed by atoms with Crippen LogP contribution >= 0.6 is 12.4 Å². The Balaban J connectivity index is 0.000000316. The molecule has 6 rings (SSSR count). The van der Waals surface area contributed by atoms with Crippen LogP contribution in [-0.2, 0) is 22.5 Å². The van der Waals surface area contributed by atoms with E-state index in [1.54, 1.807) is 13.0 Å². The molecule has 2 aromatic carbocycles. The number of aromatic nitrogens is 4. The summed E-state index contributed by atoms with van der Waals surface area (Å²) in [6, 6.07) is 9.92. The van der Waals surface area contributed by atoms with E-state index >= 15 is 0 Å². The number of hydrogen-bond donors (Lipinski definition) is 4. The highest BCUT2D eigenvalue weighted by Gasteiger charge is 2.29. The van der Waals surface area contributed by atoms with E-state index in [-0.39, 0.29) is 55.6 Å². The first-order chi connectivity index (χ1) is 21.6. The Kier molecular flexibility index (Phi) is 11.8. The maximum Gasteiger partial charge on any atom is 0.354 e. The van der Waals surface area contributed by atoms with Gasteiger partial charge in [-0.2, -0.15) is 14.6 Å². The summed E-state index contributed by atoms with van der Waals surface area (Å²) in [6.07, 6.45) is 3.61. The lowest BCUT2D eigenvalue weighted by atomic mass is 9.98. The van der Waals surface area contributed by atoms with Crippen molar-refractivity contribution in [3.8, 4) is 5.75 Å². The van der Waals surface area contributed by atoms with E-state index in [1.165, 1.54) is 23.0 Å². The van der Waals surface area contributed by atoms with Crippen LogP contribution in [0.1, 0.15) is 80.4 Å². The monoisotopic (exact) mass is 665 g/mol. The number of ether oxygens (including phenoxy) is 2. The SMILES string of the molecule is C.C=CCOC(=O)c1ccc2c(c1C)CC[C@@H]2NC(=O)c1cc(C(=O)O)nc2ncnn12.CC1Oc2ccc(CN)cc2NC1=O.Cl. The quantitative estimate of drug-likeness (QED) is 0.165. The lowest BCUT2D eigenvalue weighted by Gasteiger charge is -2.23. The molecule has 0 spiro atoms. The Labute approximate surface area is 276 Å². The predicted octanol–water partition coefficient (Wildman–Crippen LogP) is 3.81. The summed E-state index contributed by atoms with van der Waals surface area (Å²) in [7, 11) is 0. The Morgan fingerprint density at radius 2 is 2.02 bits per heavy atom. The predicted molar refractivity (Wildman–Crippen MR) is 175 cm³/mol. The van der Waals surface area contributed by atoms with Gasteiger partial charge < -0.3 is 30.9 Å². The third kappa shape index (κ3) is 7.56. The number of esters is 1. The topological polar surface area (TPSA) is 200 Å². The molecule has 1 unspecified atom stereocenters. The summed E-state index contributed by atoms with van der Waals surface area (Å²) in [6.45, 7) is 7.70. The number of aromatic carboxylic acids is 1. The number of nitrogens with zero attached hydrogens (tertiary/aromatic N) is 4. The van der Waals surface area contributed by atoms with Crippen LogP contribution in [0.5, 0.6) is 5.75 Å². The molecule has 5 N–H and O–H groups in total. The van der Waals surface area contributed by atoms with Gasteiger partial charge >= 0.3 is 11.9 Å². The van der Waals surface area contributed by atoms with Crippen LogP contribution in [0, 0.1) is 6.92 Å². The fraction of sp³-hybridized carbons (Fsp3) is 0.281. The highest BCUT2D eigenvalue weighted by atomic mass is 35.5. The van der Waals surface area contributed by atoms with Crippen LogP contribution < -0.4 is 21.1 Å². The number of amides is 2. The number of halogens is 1. The van der Waals surface area contributed by atoms with Crippen molar-refractivity contribution in [2.24, 2.45) is 5.73 Å². The summed E-state index contributed by atoms with van der Waals surface area (Å²) < 4.78 is 11.7. The third-order valence-corrected chi connectivity index (χ3v) is 7.46. The Hall–Kier alpha value is -5.34. The maximum absolute atomic E-state index is 13.0. The molecular formula is C32H36ClN7O7. The number of carbonyl (C=O) groups excluding carboxylic acids is 3. The van der Waals surface area contributed by atoms with E-state index in [1.807, 2.05) is 31.2 Å². The number of benzene rings is 2. The van der Waals surface area contributed by atoms with Gasteiger partial charge in [0.1, 0.15) is 24.4 Å². The van der Waals surface area contributed by atoms with Crippen LogP contribution in [0.2, 0.25) is 0 Å². The largest absolute Gasteiger partial charge is 0.479 e. The number of nitrogens with two attached hydrogens (primary N) is 1. The molecular weight excluding hydrogens is 630 g/mol. The number of carboxylic acids is 1. The lowest BCUT2D eigenvalue weighted by Crippen LogP contribution is -2.34. The number of carbonyl (C=O) groups is 4. The van der Waals surface area contributed by atoms with E-state index in [0.717, 1.165) is 22.3 Å². The zero-order valence-electron chi connectivity index (χ0n) is 25.0. The number of carboxylic acid groups (broad SMARTS) is 1. The van der Waals surface area contributed by atoms with Crippen molar-refractivity contribution in [2.45, 2.75) is 52.8 Å². The van der Waals surface area contributed by atoms with Crippen molar-refractivity contribution < 1.29 is 33.8 Å². The summed E-state index contributed by atoms with van der Waals surface area (Å²) in [4.78, 5) is 55.6. The first-order valence-electron chi connectivity index (χ1n) is 14.1. The highest BCUT2D eigenvalue weighted by Crippen LogP contribution is 2.35. The van der Waals surface area contributed by atoms with Gasteiger partial charge in [0, 0.05) is 12.6 Å². The second kappa shape index (κ2) is 15.3. The average molecular weight is 666 g/mol. The first kappa shape index (κ1) is 36.1. The van der Waals surface area contributed by atoms with E-state index in [2.05, 4.69) is 32.3 Å². The van der Waals surface area contributed by atoms with Crippen LogP contribution in [0.4, 0.5) is 5.69 Å². The number of nitrogens with one attached hydrogen (secondary N) is 2. The van der Waals surface area contributed by atoms with Crippen LogP contribution in [0.25, 0.3) is 5.78 Å². The van der Waals surface area contributed by atoms with Crippen LogP contribution in [-0.4, -0.2) is 61.2 Å². The molecule has 0 saturated heterocycles. The standard InChI is InChI=1S/C21H19N5O5.C10H12N2O2.CH4.ClH/c1-3-8-31-20(30)13-4-5-14-12(11(13)2)6-7-15(14)24-18(27)17-9-16(19(28)29)25-21-22-10-23-26(17)21;1-6-10(13)12-8-4-7(5-11)2-3-9(8)14-6;;/h3-5,9-10,15H,1,6-8H2,2H3,(H,24,27)(H,28,29);2-4,6H,5,11H2,1H3,(H,12,13);1H4;1H/t15-;;;/m0.../s1. The molecule has 1 aliphatic heterocycles. The molecule has 0 bridgehead atoms. The van der Waals surface area contributed by atoms with Gasteiger partial charge in [0.05, 0.1) is 17.3 Å². The number of fused-ring (bicyclic) bond motifs is 3. The molecule has 2 aliphatic rings. The fourth-order valence-corrected chi connectivity index (χ4v) is 5.16. The molecule has 47 heavy (non-hydrogen) atoms. The average Bonchev–Trinajstić information content (AvgIpc) is 3.68. The molecule has 248 valence electrons. The molecule has 3 heterocycles. The van der Waals surface area contributed by atoms with E-state index in [4.69, 9.17) is 15.2 Å². The van der Waals surface area contributed by atoms with Gasteiger partial charge in [0.2, 0.25) is 0 Å². The van der Waals surface area contributed by atoms with Crippen molar-refractivity contribution in [1.82, 2.24) is 24.9 Å². The molecule has 2 amide bonds. The Morgan fingerprint density at radius 1 is 1.26 bits per heavy atom. The van der Waals surface area contributed by atoms with E-state index < -0.39 is 23.9 Å². The summed E-state index contributed by atoms with van der Waals surface area (Å²) in [5, 5.41) is 18.9. The molecule has 4 aromatic rings. The smallest absolute Gasteiger partial charge is 0.354 e. The van der Waals surface area contributed by atoms with Gasteiger partial charge in [-0.1, -0.05) is 32.2 Å². The molecule has 1 aliphatic carbocycles. The van der Waals surface area contributed by atoms with Crippen LogP contribution in [0.15, 0.2) is 55.4 Å². The van der Waals surface area contributed by atoms with E-state index in [0.29, 0.717) is 36.4 Å². The first-order valence-corrected chi connectivity index (χ1v) is 14.1. The van der Waals surface area contributed by atoms with Gasteiger partial charge in [0.25, 0.3) is 17.6 Å². The normalized spacial score (nSPS) is 15.6. The zero-order valence-corrected chi connectivity index (χ0v) is 25.8. The van der Waals surface area contributed by atoms with Gasteiger partial charge in [-0.05, 0) is 67.1 Å². The third-order valence-electron chi connectivity index (χ3n) is 7.46. The second-order valence-corrected chi connectivity index (χ2v) is 10.3. The molecule has 0 radical (unpaired) electrons. The molecule has 0 fully saturated rings. The molecule has 15 heteroatoms. The molecule has 2 aromatic heterocycles. The summed E-state index contributed by atoms with van der Waals surface area (Å²) in [5.74, 6) is -1.57. The molecule has 2 atom stereocenters. The fourth-order valence-electron chi connectivity index (χ4n) is 5.16. The minimum absolute atomic E-state index is 0. The number of anilines is 1. The minimum Gasteiger partial charge on any atom is -0.479 e. The number of hydrogen-bond acceptors (Lipinski definition) is 10. The summed E-state index contributed by atoms with van der Waals surface area (Å²) in [5.41, 5.74) is 10.1. The van der Waals surface area contributed by atoms with Crippen molar-refractivity contribution in [3.05, 3.63) is 94.6 Å².